The zero-order valence-corrected chi connectivity index (χ0v) is 20.1. The lowest BCUT2D eigenvalue weighted by atomic mass is 9.85. The predicted octanol–water partition coefficient (Wildman–Crippen LogP) is 2.23. The quantitative estimate of drug-likeness (QED) is 0.572. The number of ether oxygens (including phenoxy) is 2. The number of aromatic nitrogens is 4. The third kappa shape index (κ3) is 4.03. The first-order chi connectivity index (χ1) is 17.0. The van der Waals surface area contributed by atoms with Crippen molar-refractivity contribution < 1.29 is 19.0 Å². The van der Waals surface area contributed by atoms with Gasteiger partial charge in [0.15, 0.2) is 5.82 Å². The van der Waals surface area contributed by atoms with Crippen molar-refractivity contribution in [1.82, 2.24) is 24.6 Å². The van der Waals surface area contributed by atoms with Crippen molar-refractivity contribution in [3.63, 3.8) is 0 Å². The van der Waals surface area contributed by atoms with Gasteiger partial charge in [-0.3, -0.25) is 4.90 Å². The molecular weight excluding hydrogens is 451 g/mol. The van der Waals surface area contributed by atoms with Gasteiger partial charge in [-0.15, -0.1) is 0 Å². The normalized spacial score (nSPS) is 26.7. The van der Waals surface area contributed by atoms with Crippen molar-refractivity contribution in [1.29, 1.82) is 0 Å². The fraction of sp³-hybridized carbons (Fsp3) is 0.560. The average molecular weight is 483 g/mol. The Morgan fingerprint density at radius 1 is 1.20 bits per heavy atom. The number of anilines is 1. The van der Waals surface area contributed by atoms with E-state index in [1.165, 1.54) is 0 Å². The van der Waals surface area contributed by atoms with Crippen molar-refractivity contribution in [3.05, 3.63) is 35.5 Å². The topological polar surface area (TPSA) is 88.8 Å². The third-order valence-corrected chi connectivity index (χ3v) is 7.67. The number of morpholine rings is 1. The summed E-state index contributed by atoms with van der Waals surface area (Å²) in [5.74, 6) is 1.24. The summed E-state index contributed by atoms with van der Waals surface area (Å²) >= 11 is 0. The summed E-state index contributed by atoms with van der Waals surface area (Å²) in [6, 6.07) is 6.69. The molecule has 6 rings (SSSR count). The van der Waals surface area contributed by atoms with Gasteiger partial charge in [-0.05, 0) is 49.6 Å². The van der Waals surface area contributed by atoms with Gasteiger partial charge in [0.2, 0.25) is 0 Å². The van der Waals surface area contributed by atoms with Gasteiger partial charge in [0.1, 0.15) is 12.0 Å². The zero-order chi connectivity index (χ0) is 24.1. The molecule has 3 aliphatic heterocycles. The van der Waals surface area contributed by atoms with Gasteiger partial charge < -0.3 is 19.5 Å². The van der Waals surface area contributed by atoms with Crippen molar-refractivity contribution in [2.45, 2.75) is 44.0 Å². The number of rotatable bonds is 6. The summed E-state index contributed by atoms with van der Waals surface area (Å²) in [6.07, 6.45) is 2.81. The van der Waals surface area contributed by atoms with Crippen LogP contribution in [0, 0.1) is 6.92 Å². The number of methoxy groups -OCH3 is 1. The van der Waals surface area contributed by atoms with Crippen molar-refractivity contribution >= 4 is 16.7 Å². The Labute approximate surface area is 203 Å². The number of halogens is 1. The molecule has 1 aromatic carbocycles. The molecule has 4 unspecified atom stereocenters. The molecule has 4 atom stereocenters. The van der Waals surface area contributed by atoms with E-state index in [4.69, 9.17) is 9.47 Å². The second kappa shape index (κ2) is 9.00. The molecule has 9 nitrogen and oxygen atoms in total. The Hall–Kier alpha value is -2.82. The highest BCUT2D eigenvalue weighted by molar-refractivity contribution is 5.82. The number of aliphatic hydroxyl groups excluding tert-OH is 1. The van der Waals surface area contributed by atoms with E-state index in [1.54, 1.807) is 11.8 Å². The molecule has 0 spiro atoms. The van der Waals surface area contributed by atoms with Crippen LogP contribution in [0.25, 0.3) is 16.7 Å². The number of aliphatic hydroxyl groups is 1. The van der Waals surface area contributed by atoms with Gasteiger partial charge in [-0.2, -0.15) is 15.1 Å². The van der Waals surface area contributed by atoms with Crippen molar-refractivity contribution in [2.75, 3.05) is 51.4 Å². The Kier molecular flexibility index (Phi) is 5.82. The second-order valence-electron chi connectivity index (χ2n) is 9.83. The first-order valence-corrected chi connectivity index (χ1v) is 12.3. The number of alkyl halides is 1. The van der Waals surface area contributed by atoms with Crippen LogP contribution in [-0.2, 0) is 4.74 Å². The Morgan fingerprint density at radius 2 is 2.06 bits per heavy atom. The maximum Gasteiger partial charge on any atom is 0.320 e. The van der Waals surface area contributed by atoms with E-state index in [1.807, 2.05) is 24.1 Å². The van der Waals surface area contributed by atoms with Crippen molar-refractivity contribution in [3.8, 4) is 11.8 Å². The molecule has 10 heteroatoms. The highest BCUT2D eigenvalue weighted by atomic mass is 19.1. The zero-order valence-electron chi connectivity index (χ0n) is 20.1. The number of nitrogens with zero attached hydrogens (tertiary/aromatic N) is 6. The molecule has 186 valence electrons. The Balaban J connectivity index is 1.37. The monoisotopic (exact) mass is 482 g/mol. The van der Waals surface area contributed by atoms with E-state index >= 15 is 4.39 Å². The number of benzene rings is 1. The molecule has 0 amide bonds. The van der Waals surface area contributed by atoms with Gasteiger partial charge >= 0.3 is 6.01 Å². The fourth-order valence-corrected chi connectivity index (χ4v) is 5.88. The molecular formula is C25H31FN6O3. The van der Waals surface area contributed by atoms with Crippen LogP contribution in [-0.4, -0.2) is 94.6 Å². The maximum atomic E-state index is 15.2. The molecule has 3 aromatic rings. The lowest BCUT2D eigenvalue weighted by Crippen LogP contribution is -2.42. The molecule has 0 saturated carbocycles. The molecule has 2 bridgehead atoms. The molecule has 3 fully saturated rings. The minimum Gasteiger partial charge on any atom is -0.467 e. The lowest BCUT2D eigenvalue weighted by Gasteiger charge is -2.35. The van der Waals surface area contributed by atoms with E-state index in [9.17, 15) is 5.11 Å². The van der Waals surface area contributed by atoms with Crippen LogP contribution in [0.3, 0.4) is 0 Å². The van der Waals surface area contributed by atoms with Crippen LogP contribution in [0.2, 0.25) is 0 Å². The maximum absolute atomic E-state index is 15.2. The highest BCUT2D eigenvalue weighted by Gasteiger charge is 2.40. The molecule has 1 N–H and O–H groups in total. The van der Waals surface area contributed by atoms with E-state index in [2.05, 4.69) is 32.1 Å². The number of fused-ring (bicyclic) bond motifs is 3. The molecule has 3 aliphatic rings. The van der Waals surface area contributed by atoms with E-state index in [0.29, 0.717) is 38.0 Å². The summed E-state index contributed by atoms with van der Waals surface area (Å²) in [5, 5.41) is 14.8. The average Bonchev–Trinajstić information content (AvgIpc) is 3.60. The molecule has 35 heavy (non-hydrogen) atoms. The van der Waals surface area contributed by atoms with E-state index < -0.39 is 6.17 Å². The minimum atomic E-state index is -0.985. The van der Waals surface area contributed by atoms with E-state index in [0.717, 1.165) is 47.4 Å². The Morgan fingerprint density at radius 3 is 2.77 bits per heavy atom. The van der Waals surface area contributed by atoms with Crippen LogP contribution in [0.15, 0.2) is 24.4 Å². The van der Waals surface area contributed by atoms with Gasteiger partial charge in [0, 0.05) is 37.0 Å². The largest absolute Gasteiger partial charge is 0.467 e. The number of aryl methyl sites for hydroxylation is 1. The summed E-state index contributed by atoms with van der Waals surface area (Å²) in [4.78, 5) is 13.4. The van der Waals surface area contributed by atoms with Gasteiger partial charge in [-0.1, -0.05) is 0 Å². The van der Waals surface area contributed by atoms with E-state index in [-0.39, 0.29) is 24.6 Å². The number of hydrogen-bond acceptors (Lipinski definition) is 8. The lowest BCUT2D eigenvalue weighted by molar-refractivity contribution is 0.0988. The summed E-state index contributed by atoms with van der Waals surface area (Å²) in [7, 11) is 1.56. The highest BCUT2D eigenvalue weighted by Crippen LogP contribution is 2.36. The smallest absolute Gasteiger partial charge is 0.320 e. The number of likely N-dealkylation sites (tertiary alicyclic amines) is 1. The van der Waals surface area contributed by atoms with Crippen LogP contribution in [0.4, 0.5) is 10.2 Å². The summed E-state index contributed by atoms with van der Waals surface area (Å²) < 4.78 is 28.2. The number of β-amino-alcohol motifs (C(OH)–C–C–N with tert-alkyl or cyclic N) is 1. The third-order valence-electron chi connectivity index (χ3n) is 7.67. The molecule has 3 saturated heterocycles. The number of hydrogen-bond donors (Lipinski definition) is 1. The van der Waals surface area contributed by atoms with Gasteiger partial charge in [0.25, 0.3) is 0 Å². The van der Waals surface area contributed by atoms with Crippen LogP contribution in [0.1, 0.15) is 29.9 Å². The fourth-order valence-electron chi connectivity index (χ4n) is 5.88. The molecule has 0 aliphatic carbocycles. The number of piperidine rings is 1. The molecule has 2 aromatic heterocycles. The SMILES string of the molecule is COc1nc(N2CC3CC2CO3)cc(-n2ncc3cc(C)c(C4CCN(CCO)CC4F)cc32)n1. The first kappa shape index (κ1) is 22.6. The standard InChI is InChI=1S/C25H31FN6O3/c1-15-7-16-11-27-32(22(16)9-20(15)19-3-4-30(5-6-33)13-21(19)26)24-10-23(28-25(29-24)34-2)31-12-18-8-17(31)14-35-18/h7,9-11,17-19,21,33H,3-6,8,12-14H2,1-2H3. The predicted molar refractivity (Wildman–Crippen MR) is 129 cm³/mol. The van der Waals surface area contributed by atoms with Crippen molar-refractivity contribution in [2.24, 2.45) is 0 Å². The second-order valence-corrected chi connectivity index (χ2v) is 9.83. The van der Waals surface area contributed by atoms with Crippen LogP contribution >= 0.6 is 0 Å². The summed E-state index contributed by atoms with van der Waals surface area (Å²) in [5.41, 5.74) is 2.95. The first-order valence-electron chi connectivity index (χ1n) is 12.3. The van der Waals surface area contributed by atoms with Crippen LogP contribution in [0.5, 0.6) is 6.01 Å². The molecule has 5 heterocycles. The van der Waals surface area contributed by atoms with Gasteiger partial charge in [0.05, 0.1) is 44.2 Å². The summed E-state index contributed by atoms with van der Waals surface area (Å²) in [6.45, 7) is 5.24. The Bertz CT molecular complexity index is 1240. The molecule has 0 radical (unpaired) electrons. The van der Waals surface area contributed by atoms with Gasteiger partial charge in [-0.25, -0.2) is 9.07 Å². The van der Waals surface area contributed by atoms with Crippen LogP contribution < -0.4 is 9.64 Å². The minimum absolute atomic E-state index is 0.0534.